The fourth-order valence-electron chi connectivity index (χ4n) is 3.07. The lowest BCUT2D eigenvalue weighted by molar-refractivity contribution is 0.0599. The molecule has 1 aliphatic rings. The number of likely N-dealkylation sites (tertiary alicyclic amines) is 1. The molecule has 6 nitrogen and oxygen atoms in total. The van der Waals surface area contributed by atoms with Crippen molar-refractivity contribution in [2.45, 2.75) is 31.9 Å². The van der Waals surface area contributed by atoms with Crippen molar-refractivity contribution >= 4 is 21.7 Å². The Morgan fingerprint density at radius 3 is 2.36 bits per heavy atom. The van der Waals surface area contributed by atoms with Crippen LogP contribution in [0.5, 0.6) is 0 Å². The van der Waals surface area contributed by atoms with Crippen LogP contribution in [0.3, 0.4) is 0 Å². The molecule has 0 aromatic heterocycles. The first-order valence-electron chi connectivity index (χ1n) is 8.44. The van der Waals surface area contributed by atoms with Gasteiger partial charge in [-0.3, -0.25) is 4.79 Å². The summed E-state index contributed by atoms with van der Waals surface area (Å²) in [6, 6.07) is 6.22. The average molecular weight is 367 g/mol. The number of ether oxygens (including phenoxy) is 1. The Morgan fingerprint density at radius 1 is 1.20 bits per heavy atom. The third-order valence-electron chi connectivity index (χ3n) is 4.29. The van der Waals surface area contributed by atoms with E-state index in [-0.39, 0.29) is 24.1 Å². The van der Waals surface area contributed by atoms with Crippen LogP contribution in [0.25, 0.3) is 0 Å². The normalized spacial score (nSPS) is 18.2. The van der Waals surface area contributed by atoms with Gasteiger partial charge in [-0.05, 0) is 43.0 Å². The van der Waals surface area contributed by atoms with E-state index in [0.29, 0.717) is 30.5 Å². The highest BCUT2D eigenvalue weighted by Gasteiger charge is 2.33. The minimum absolute atomic E-state index is 0.0712. The number of piperidine rings is 1. The number of rotatable bonds is 5. The first-order chi connectivity index (χ1) is 11.7. The van der Waals surface area contributed by atoms with Crippen LogP contribution >= 0.6 is 0 Å². The number of carbonyl (C=O) groups excluding carboxylic acids is 2. The van der Waals surface area contributed by atoms with Crippen molar-refractivity contribution in [2.75, 3.05) is 26.0 Å². The number of hydrogen-bond donors (Lipinski definition) is 0. The van der Waals surface area contributed by atoms with E-state index < -0.39 is 21.1 Å². The number of nitrogens with zero attached hydrogens (tertiary/aromatic N) is 1. The number of hydrogen-bond acceptors (Lipinski definition) is 5. The van der Waals surface area contributed by atoms with Gasteiger partial charge in [0.15, 0.2) is 9.84 Å². The lowest BCUT2D eigenvalue weighted by Crippen LogP contribution is -2.46. The third-order valence-corrected chi connectivity index (χ3v) is 6.82. The number of esters is 1. The van der Waals surface area contributed by atoms with Gasteiger partial charge < -0.3 is 9.64 Å². The standard InChI is InChI=1S/C18H25NO5S/c1-13(2)12-25(22,23)16-5-4-10-19(11-16)17(20)14-6-8-15(9-7-14)18(21)24-3/h6-9,13,16H,4-5,10-12H2,1-3H3. The van der Waals surface area contributed by atoms with E-state index >= 15 is 0 Å². The van der Waals surface area contributed by atoms with Crippen molar-refractivity contribution in [3.05, 3.63) is 35.4 Å². The average Bonchev–Trinajstić information content (AvgIpc) is 2.59. The molecule has 1 fully saturated rings. The predicted octanol–water partition coefficient (Wildman–Crippen LogP) is 2.15. The van der Waals surface area contributed by atoms with Gasteiger partial charge in [0.1, 0.15) is 0 Å². The summed E-state index contributed by atoms with van der Waals surface area (Å²) in [6.45, 7) is 4.54. The number of carbonyl (C=O) groups is 2. The maximum Gasteiger partial charge on any atom is 0.337 e. The van der Waals surface area contributed by atoms with Gasteiger partial charge in [-0.25, -0.2) is 13.2 Å². The first-order valence-corrected chi connectivity index (χ1v) is 10.2. The molecule has 25 heavy (non-hydrogen) atoms. The van der Waals surface area contributed by atoms with Crippen molar-refractivity contribution in [3.8, 4) is 0 Å². The van der Waals surface area contributed by atoms with Crippen molar-refractivity contribution in [1.82, 2.24) is 4.90 Å². The highest BCUT2D eigenvalue weighted by atomic mass is 32.2. The predicted molar refractivity (Wildman–Crippen MR) is 95.3 cm³/mol. The van der Waals surface area contributed by atoms with E-state index in [4.69, 9.17) is 0 Å². The maximum absolute atomic E-state index is 12.7. The summed E-state index contributed by atoms with van der Waals surface area (Å²) in [5.74, 6) is -0.451. The third kappa shape index (κ3) is 4.81. The lowest BCUT2D eigenvalue weighted by Gasteiger charge is -2.33. The smallest absolute Gasteiger partial charge is 0.337 e. The molecule has 0 aliphatic carbocycles. The topological polar surface area (TPSA) is 80.8 Å². The highest BCUT2D eigenvalue weighted by Crippen LogP contribution is 2.21. The summed E-state index contributed by atoms with van der Waals surface area (Å²) < 4.78 is 29.6. The second-order valence-electron chi connectivity index (χ2n) is 6.81. The molecule has 138 valence electrons. The molecule has 1 aromatic rings. The fraction of sp³-hybridized carbons (Fsp3) is 0.556. The van der Waals surface area contributed by atoms with Crippen molar-refractivity contribution in [2.24, 2.45) is 5.92 Å². The van der Waals surface area contributed by atoms with Gasteiger partial charge >= 0.3 is 5.97 Å². The molecule has 0 bridgehead atoms. The largest absolute Gasteiger partial charge is 0.465 e. The van der Waals surface area contributed by atoms with Gasteiger partial charge in [0.05, 0.1) is 23.7 Å². The Kier molecular flexibility index (Phi) is 6.21. The number of benzene rings is 1. The molecule has 1 heterocycles. The molecule has 1 amide bonds. The molecule has 1 saturated heterocycles. The van der Waals surface area contributed by atoms with Gasteiger partial charge in [-0.15, -0.1) is 0 Å². The molecule has 1 aliphatic heterocycles. The molecule has 0 N–H and O–H groups in total. The van der Waals surface area contributed by atoms with Crippen LogP contribution in [-0.4, -0.2) is 56.4 Å². The minimum atomic E-state index is -3.21. The van der Waals surface area contributed by atoms with Crippen LogP contribution in [0.4, 0.5) is 0 Å². The Bertz CT molecular complexity index is 724. The molecule has 0 radical (unpaired) electrons. The molecule has 0 spiro atoms. The summed E-state index contributed by atoms with van der Waals surface area (Å²) in [5.41, 5.74) is 0.810. The summed E-state index contributed by atoms with van der Waals surface area (Å²) in [4.78, 5) is 25.7. The van der Waals surface area contributed by atoms with Crippen LogP contribution in [0.2, 0.25) is 0 Å². The Morgan fingerprint density at radius 2 is 1.80 bits per heavy atom. The zero-order chi connectivity index (χ0) is 18.6. The summed E-state index contributed by atoms with van der Waals surface area (Å²) >= 11 is 0. The Balaban J connectivity index is 2.10. The Hall–Kier alpha value is -1.89. The molecular weight excluding hydrogens is 342 g/mol. The van der Waals surface area contributed by atoms with Crippen LogP contribution < -0.4 is 0 Å². The number of amides is 1. The molecule has 0 saturated carbocycles. The number of sulfone groups is 1. The molecule has 1 atom stereocenters. The molecule has 7 heteroatoms. The van der Waals surface area contributed by atoms with Crippen LogP contribution in [0.1, 0.15) is 47.4 Å². The van der Waals surface area contributed by atoms with E-state index in [1.807, 2.05) is 13.8 Å². The van der Waals surface area contributed by atoms with E-state index in [1.54, 1.807) is 17.0 Å². The molecular formula is C18H25NO5S. The van der Waals surface area contributed by atoms with Crippen LogP contribution in [-0.2, 0) is 14.6 Å². The van der Waals surface area contributed by atoms with Gasteiger partial charge in [-0.1, -0.05) is 13.8 Å². The van der Waals surface area contributed by atoms with E-state index in [0.717, 1.165) is 0 Å². The molecule has 2 rings (SSSR count). The van der Waals surface area contributed by atoms with Crippen LogP contribution in [0.15, 0.2) is 24.3 Å². The second-order valence-corrected chi connectivity index (χ2v) is 9.13. The molecule has 1 aromatic carbocycles. The van der Waals surface area contributed by atoms with Crippen molar-refractivity contribution in [1.29, 1.82) is 0 Å². The zero-order valence-corrected chi connectivity index (χ0v) is 15.7. The molecule has 1 unspecified atom stereocenters. The summed E-state index contributed by atoms with van der Waals surface area (Å²) in [7, 11) is -1.91. The van der Waals surface area contributed by atoms with E-state index in [2.05, 4.69) is 4.74 Å². The van der Waals surface area contributed by atoms with Gasteiger partial charge in [0.25, 0.3) is 5.91 Å². The summed E-state index contributed by atoms with van der Waals surface area (Å²) in [6.07, 6.45) is 1.27. The van der Waals surface area contributed by atoms with Gasteiger partial charge in [0, 0.05) is 18.7 Å². The van der Waals surface area contributed by atoms with Crippen molar-refractivity contribution in [3.63, 3.8) is 0 Å². The van der Waals surface area contributed by atoms with E-state index in [9.17, 15) is 18.0 Å². The van der Waals surface area contributed by atoms with Gasteiger partial charge in [-0.2, -0.15) is 0 Å². The Labute approximate surface area is 149 Å². The van der Waals surface area contributed by atoms with Crippen LogP contribution in [0, 0.1) is 5.92 Å². The quantitative estimate of drug-likeness (QED) is 0.745. The lowest BCUT2D eigenvalue weighted by atomic mass is 10.1. The zero-order valence-electron chi connectivity index (χ0n) is 14.9. The fourth-order valence-corrected chi connectivity index (χ4v) is 5.20. The minimum Gasteiger partial charge on any atom is -0.465 e. The monoisotopic (exact) mass is 367 g/mol. The maximum atomic E-state index is 12.7. The second kappa shape index (κ2) is 7.99. The highest BCUT2D eigenvalue weighted by molar-refractivity contribution is 7.92. The SMILES string of the molecule is COC(=O)c1ccc(C(=O)N2CCCC(S(=O)(=O)CC(C)C)C2)cc1. The summed E-state index contributed by atoms with van der Waals surface area (Å²) in [5, 5.41) is -0.498. The van der Waals surface area contributed by atoms with Gasteiger partial charge in [0.2, 0.25) is 0 Å². The van der Waals surface area contributed by atoms with Crippen molar-refractivity contribution < 1.29 is 22.7 Å². The van der Waals surface area contributed by atoms with E-state index in [1.165, 1.54) is 19.2 Å². The number of methoxy groups -OCH3 is 1. The first kappa shape index (κ1) is 19.4.